The van der Waals surface area contributed by atoms with Gasteiger partial charge in [-0.1, -0.05) is 12.8 Å². The van der Waals surface area contributed by atoms with Gasteiger partial charge in [-0.15, -0.1) is 0 Å². The standard InChI is InChI=1S/C10H23N3/c11-5-7-13(8-6-12)9-10-3-1-2-4-10/h10H,1-9,11-12H2. The third kappa shape index (κ3) is 4.07. The maximum Gasteiger partial charge on any atom is 0.0105 e. The second kappa shape index (κ2) is 6.35. The zero-order chi connectivity index (χ0) is 9.52. The summed E-state index contributed by atoms with van der Waals surface area (Å²) in [4.78, 5) is 2.41. The number of hydrogen-bond acceptors (Lipinski definition) is 3. The minimum absolute atomic E-state index is 0.757. The molecule has 0 atom stereocenters. The molecular formula is C10H23N3. The molecule has 1 saturated carbocycles. The minimum atomic E-state index is 0.757. The van der Waals surface area contributed by atoms with Crippen molar-refractivity contribution in [3.05, 3.63) is 0 Å². The van der Waals surface area contributed by atoms with Crippen LogP contribution in [-0.2, 0) is 0 Å². The first kappa shape index (κ1) is 11.0. The Morgan fingerprint density at radius 3 is 2.00 bits per heavy atom. The van der Waals surface area contributed by atoms with E-state index >= 15 is 0 Å². The van der Waals surface area contributed by atoms with Crippen LogP contribution in [0, 0.1) is 5.92 Å². The van der Waals surface area contributed by atoms with Crippen molar-refractivity contribution in [3.8, 4) is 0 Å². The van der Waals surface area contributed by atoms with Crippen LogP contribution in [-0.4, -0.2) is 37.6 Å². The Labute approximate surface area is 81.5 Å². The Morgan fingerprint density at radius 1 is 1.00 bits per heavy atom. The van der Waals surface area contributed by atoms with Crippen LogP contribution in [0.25, 0.3) is 0 Å². The normalized spacial score (nSPS) is 18.7. The van der Waals surface area contributed by atoms with Gasteiger partial charge >= 0.3 is 0 Å². The largest absolute Gasteiger partial charge is 0.329 e. The molecule has 0 aromatic rings. The third-order valence-corrected chi connectivity index (χ3v) is 2.88. The van der Waals surface area contributed by atoms with Crippen LogP contribution in [0.3, 0.4) is 0 Å². The molecule has 0 amide bonds. The first-order valence-electron chi connectivity index (χ1n) is 5.49. The summed E-state index contributed by atoms with van der Waals surface area (Å²) >= 11 is 0. The second-order valence-electron chi connectivity index (χ2n) is 4.03. The molecule has 3 nitrogen and oxygen atoms in total. The maximum absolute atomic E-state index is 5.55. The van der Waals surface area contributed by atoms with E-state index in [1.807, 2.05) is 0 Å². The molecule has 0 aliphatic heterocycles. The van der Waals surface area contributed by atoms with Crippen molar-refractivity contribution in [2.24, 2.45) is 17.4 Å². The lowest BCUT2D eigenvalue weighted by atomic mass is 10.1. The van der Waals surface area contributed by atoms with Crippen molar-refractivity contribution in [1.29, 1.82) is 0 Å². The van der Waals surface area contributed by atoms with Gasteiger partial charge in [-0.2, -0.15) is 0 Å². The molecule has 0 saturated heterocycles. The van der Waals surface area contributed by atoms with E-state index in [0.717, 1.165) is 32.1 Å². The zero-order valence-corrected chi connectivity index (χ0v) is 8.54. The zero-order valence-electron chi connectivity index (χ0n) is 8.54. The van der Waals surface area contributed by atoms with E-state index in [1.54, 1.807) is 0 Å². The van der Waals surface area contributed by atoms with E-state index < -0.39 is 0 Å². The van der Waals surface area contributed by atoms with Crippen LogP contribution in [0.5, 0.6) is 0 Å². The number of nitrogens with two attached hydrogens (primary N) is 2. The van der Waals surface area contributed by atoms with Gasteiger partial charge in [0.05, 0.1) is 0 Å². The smallest absolute Gasteiger partial charge is 0.0105 e. The van der Waals surface area contributed by atoms with E-state index in [2.05, 4.69) is 4.90 Å². The molecule has 3 heteroatoms. The van der Waals surface area contributed by atoms with E-state index in [9.17, 15) is 0 Å². The van der Waals surface area contributed by atoms with Crippen LogP contribution >= 0.6 is 0 Å². The van der Waals surface area contributed by atoms with Gasteiger partial charge in [0.2, 0.25) is 0 Å². The Bertz CT molecular complexity index is 115. The van der Waals surface area contributed by atoms with E-state index in [4.69, 9.17) is 11.5 Å². The maximum atomic E-state index is 5.55. The van der Waals surface area contributed by atoms with Gasteiger partial charge in [0, 0.05) is 32.7 Å². The molecule has 0 radical (unpaired) electrons. The molecule has 1 rings (SSSR count). The molecule has 78 valence electrons. The molecule has 0 heterocycles. The molecule has 0 spiro atoms. The molecule has 13 heavy (non-hydrogen) atoms. The van der Waals surface area contributed by atoms with E-state index in [-0.39, 0.29) is 0 Å². The van der Waals surface area contributed by atoms with E-state index in [0.29, 0.717) is 0 Å². The van der Waals surface area contributed by atoms with Gasteiger partial charge in [0.15, 0.2) is 0 Å². The Kier molecular flexibility index (Phi) is 5.35. The summed E-state index contributed by atoms with van der Waals surface area (Å²) < 4.78 is 0. The summed E-state index contributed by atoms with van der Waals surface area (Å²) in [6.45, 7) is 4.75. The Hall–Kier alpha value is -0.120. The lowest BCUT2D eigenvalue weighted by molar-refractivity contribution is 0.243. The van der Waals surface area contributed by atoms with Gasteiger partial charge in [-0.05, 0) is 18.8 Å². The number of hydrogen-bond donors (Lipinski definition) is 2. The first-order valence-corrected chi connectivity index (χ1v) is 5.49. The fraction of sp³-hybridized carbons (Fsp3) is 1.00. The van der Waals surface area contributed by atoms with Crippen LogP contribution < -0.4 is 11.5 Å². The molecule has 1 aliphatic carbocycles. The summed E-state index contributed by atoms with van der Waals surface area (Å²) in [6, 6.07) is 0. The Morgan fingerprint density at radius 2 is 1.54 bits per heavy atom. The molecule has 1 fully saturated rings. The van der Waals surface area contributed by atoms with Crippen LogP contribution in [0.4, 0.5) is 0 Å². The highest BCUT2D eigenvalue weighted by atomic mass is 15.1. The van der Waals surface area contributed by atoms with Crippen molar-refractivity contribution in [3.63, 3.8) is 0 Å². The average Bonchev–Trinajstić information content (AvgIpc) is 2.58. The Balaban J connectivity index is 2.19. The number of rotatable bonds is 6. The average molecular weight is 185 g/mol. The SMILES string of the molecule is NCCN(CCN)CC1CCCC1. The topological polar surface area (TPSA) is 55.3 Å². The molecular weight excluding hydrogens is 162 g/mol. The first-order chi connectivity index (χ1) is 6.36. The van der Waals surface area contributed by atoms with Crippen molar-refractivity contribution < 1.29 is 0 Å². The number of nitrogens with zero attached hydrogens (tertiary/aromatic N) is 1. The van der Waals surface area contributed by atoms with Gasteiger partial charge in [0.25, 0.3) is 0 Å². The van der Waals surface area contributed by atoms with Gasteiger partial charge in [-0.3, -0.25) is 0 Å². The van der Waals surface area contributed by atoms with Crippen LogP contribution in [0.1, 0.15) is 25.7 Å². The third-order valence-electron chi connectivity index (χ3n) is 2.88. The molecule has 1 aliphatic rings. The summed E-state index contributed by atoms with van der Waals surface area (Å²) in [6.07, 6.45) is 5.66. The van der Waals surface area contributed by atoms with Crippen molar-refractivity contribution in [2.45, 2.75) is 25.7 Å². The summed E-state index contributed by atoms with van der Waals surface area (Å²) in [7, 11) is 0. The highest BCUT2D eigenvalue weighted by molar-refractivity contribution is 4.72. The fourth-order valence-electron chi connectivity index (χ4n) is 2.22. The molecule has 0 aromatic carbocycles. The monoisotopic (exact) mass is 185 g/mol. The van der Waals surface area contributed by atoms with Gasteiger partial charge in [-0.25, -0.2) is 0 Å². The van der Waals surface area contributed by atoms with E-state index in [1.165, 1.54) is 32.2 Å². The van der Waals surface area contributed by atoms with Crippen LogP contribution in [0.15, 0.2) is 0 Å². The summed E-state index contributed by atoms with van der Waals surface area (Å²) in [5.74, 6) is 0.915. The molecule has 0 bridgehead atoms. The van der Waals surface area contributed by atoms with Crippen LogP contribution in [0.2, 0.25) is 0 Å². The molecule has 0 aromatic heterocycles. The fourth-order valence-corrected chi connectivity index (χ4v) is 2.22. The quantitative estimate of drug-likeness (QED) is 0.629. The predicted molar refractivity (Wildman–Crippen MR) is 56.5 cm³/mol. The van der Waals surface area contributed by atoms with Crippen molar-refractivity contribution in [2.75, 3.05) is 32.7 Å². The highest BCUT2D eigenvalue weighted by Crippen LogP contribution is 2.25. The van der Waals surface area contributed by atoms with Gasteiger partial charge in [0.1, 0.15) is 0 Å². The van der Waals surface area contributed by atoms with Crippen molar-refractivity contribution >= 4 is 0 Å². The second-order valence-corrected chi connectivity index (χ2v) is 4.03. The summed E-state index contributed by atoms with van der Waals surface area (Å²) in [5.41, 5.74) is 11.1. The molecule has 4 N–H and O–H groups in total. The highest BCUT2D eigenvalue weighted by Gasteiger charge is 2.17. The lowest BCUT2D eigenvalue weighted by Gasteiger charge is -2.24. The van der Waals surface area contributed by atoms with Crippen molar-refractivity contribution in [1.82, 2.24) is 4.90 Å². The lowest BCUT2D eigenvalue weighted by Crippen LogP contribution is -2.36. The van der Waals surface area contributed by atoms with Gasteiger partial charge < -0.3 is 16.4 Å². The minimum Gasteiger partial charge on any atom is -0.329 e. The molecule has 0 unspecified atom stereocenters. The summed E-state index contributed by atoms with van der Waals surface area (Å²) in [5, 5.41) is 0. The predicted octanol–water partition coefficient (Wildman–Crippen LogP) is 0.396.